The summed E-state index contributed by atoms with van der Waals surface area (Å²) in [4.78, 5) is 27.9. The third-order valence-corrected chi connectivity index (χ3v) is 7.28. The van der Waals surface area contributed by atoms with Crippen LogP contribution in [0.15, 0.2) is 54.3 Å². The number of hydrogen-bond acceptors (Lipinski definition) is 4. The van der Waals surface area contributed by atoms with E-state index in [0.29, 0.717) is 23.7 Å². The van der Waals surface area contributed by atoms with Crippen LogP contribution in [0.25, 0.3) is 21.6 Å². The van der Waals surface area contributed by atoms with Gasteiger partial charge in [0.05, 0.1) is 29.3 Å². The maximum absolute atomic E-state index is 13.1. The van der Waals surface area contributed by atoms with Crippen LogP contribution in [0.5, 0.6) is 0 Å². The first kappa shape index (κ1) is 21.9. The average molecular weight is 477 g/mol. The summed E-state index contributed by atoms with van der Waals surface area (Å²) in [6.45, 7) is 7.70. The molecule has 0 saturated heterocycles. The lowest BCUT2D eigenvalue weighted by atomic mass is 9.90. The van der Waals surface area contributed by atoms with Gasteiger partial charge in [0.1, 0.15) is 0 Å². The summed E-state index contributed by atoms with van der Waals surface area (Å²) in [5, 5.41) is 2.72. The van der Waals surface area contributed by atoms with Crippen LogP contribution < -0.4 is 0 Å². The Bertz CT molecular complexity index is 1330. The van der Waals surface area contributed by atoms with Crippen molar-refractivity contribution in [1.29, 1.82) is 0 Å². The molecule has 1 amide bonds. The summed E-state index contributed by atoms with van der Waals surface area (Å²) < 4.78 is 0. The number of H-pyrrole nitrogens is 1. The second-order valence-electron chi connectivity index (χ2n) is 9.38. The molecule has 33 heavy (non-hydrogen) atoms. The number of halogens is 1. The number of thiophene rings is 1. The molecule has 0 aliphatic carbocycles. The largest absolute Gasteiger partial charge is 0.347 e. The molecule has 4 heterocycles. The summed E-state index contributed by atoms with van der Waals surface area (Å²) >= 11 is 8.31. The van der Waals surface area contributed by atoms with Crippen molar-refractivity contribution in [2.24, 2.45) is 0 Å². The lowest BCUT2D eigenvalue weighted by Crippen LogP contribution is -2.36. The minimum atomic E-state index is -0.0120. The molecular formula is C26H25ClN4OS. The Hall–Kier alpha value is -2.96. The first-order valence-corrected chi connectivity index (χ1v) is 12.2. The molecule has 0 unspecified atom stereocenters. The van der Waals surface area contributed by atoms with Crippen LogP contribution in [0.1, 0.15) is 48.2 Å². The van der Waals surface area contributed by atoms with Crippen LogP contribution in [0.3, 0.4) is 0 Å². The van der Waals surface area contributed by atoms with Gasteiger partial charge in [0.15, 0.2) is 0 Å². The van der Waals surface area contributed by atoms with Gasteiger partial charge < -0.3 is 9.88 Å². The van der Waals surface area contributed by atoms with Gasteiger partial charge in [-0.15, -0.1) is 11.3 Å². The maximum atomic E-state index is 13.1. The Morgan fingerprint density at radius 3 is 2.76 bits per heavy atom. The molecule has 0 fully saturated rings. The minimum Gasteiger partial charge on any atom is -0.347 e. The van der Waals surface area contributed by atoms with Crippen LogP contribution in [0.4, 0.5) is 0 Å². The smallest absolute Gasteiger partial charge is 0.254 e. The molecule has 0 radical (unpaired) electrons. The molecule has 0 spiro atoms. The highest BCUT2D eigenvalue weighted by Gasteiger charge is 2.24. The number of amides is 1. The lowest BCUT2D eigenvalue weighted by Gasteiger charge is -2.26. The fraction of sp³-hybridized carbons (Fsp3) is 0.269. The molecular weight excluding hydrogens is 452 g/mol. The van der Waals surface area contributed by atoms with Crippen molar-refractivity contribution < 1.29 is 4.79 Å². The van der Waals surface area contributed by atoms with E-state index in [-0.39, 0.29) is 11.3 Å². The number of carbonyl (C=O) groups is 1. The van der Waals surface area contributed by atoms with Crippen LogP contribution >= 0.6 is 22.9 Å². The normalized spacial score (nSPS) is 13.8. The van der Waals surface area contributed by atoms with Crippen molar-refractivity contribution in [3.05, 3.63) is 82.0 Å². The van der Waals surface area contributed by atoms with Crippen molar-refractivity contribution in [1.82, 2.24) is 19.9 Å². The molecule has 4 aromatic rings. The van der Waals surface area contributed by atoms with Gasteiger partial charge in [-0.1, -0.05) is 38.4 Å². The Kier molecular flexibility index (Phi) is 5.59. The molecule has 0 saturated carbocycles. The molecule has 0 atom stereocenters. The predicted octanol–water partition coefficient (Wildman–Crippen LogP) is 6.35. The van der Waals surface area contributed by atoms with Crippen molar-refractivity contribution in [3.63, 3.8) is 0 Å². The summed E-state index contributed by atoms with van der Waals surface area (Å²) in [6, 6.07) is 11.9. The van der Waals surface area contributed by atoms with E-state index < -0.39 is 0 Å². The SMILES string of the molecule is CC(C)(C)c1cc(-c2csc(-c3ccc(C(=O)N4CCc5nc[nH]c5C4)cc3Cl)c2)ccn1. The van der Waals surface area contributed by atoms with Gasteiger partial charge in [0, 0.05) is 46.3 Å². The number of hydrogen-bond donors (Lipinski definition) is 1. The molecule has 5 rings (SSSR count). The Labute approximate surface area is 202 Å². The summed E-state index contributed by atoms with van der Waals surface area (Å²) in [7, 11) is 0. The highest BCUT2D eigenvalue weighted by atomic mass is 35.5. The van der Waals surface area contributed by atoms with Crippen LogP contribution in [-0.4, -0.2) is 32.3 Å². The van der Waals surface area contributed by atoms with E-state index >= 15 is 0 Å². The first-order valence-electron chi connectivity index (χ1n) is 11.0. The van der Waals surface area contributed by atoms with E-state index in [4.69, 9.17) is 11.6 Å². The van der Waals surface area contributed by atoms with E-state index in [2.05, 4.69) is 53.2 Å². The zero-order valence-corrected chi connectivity index (χ0v) is 20.4. The van der Waals surface area contributed by atoms with Crippen LogP contribution in [0.2, 0.25) is 5.02 Å². The van der Waals surface area contributed by atoms with Gasteiger partial charge >= 0.3 is 0 Å². The topological polar surface area (TPSA) is 61.9 Å². The summed E-state index contributed by atoms with van der Waals surface area (Å²) in [5.41, 5.74) is 6.93. The molecule has 1 N–H and O–H groups in total. The van der Waals surface area contributed by atoms with E-state index in [1.54, 1.807) is 23.7 Å². The highest BCUT2D eigenvalue weighted by molar-refractivity contribution is 7.14. The number of imidazole rings is 1. The zero-order valence-electron chi connectivity index (χ0n) is 18.9. The third-order valence-electron chi connectivity index (χ3n) is 6.00. The van der Waals surface area contributed by atoms with Gasteiger partial charge in [-0.2, -0.15) is 0 Å². The number of benzene rings is 1. The Morgan fingerprint density at radius 1 is 1.12 bits per heavy atom. The molecule has 1 aromatic carbocycles. The molecule has 5 nitrogen and oxygen atoms in total. The number of rotatable bonds is 3. The number of nitrogens with zero attached hydrogens (tertiary/aromatic N) is 3. The van der Waals surface area contributed by atoms with Gasteiger partial charge in [0.25, 0.3) is 5.91 Å². The molecule has 0 bridgehead atoms. The van der Waals surface area contributed by atoms with Crippen LogP contribution in [0, 0.1) is 0 Å². The number of aromatic amines is 1. The van der Waals surface area contributed by atoms with E-state index in [0.717, 1.165) is 45.1 Å². The van der Waals surface area contributed by atoms with E-state index in [1.165, 1.54) is 0 Å². The highest BCUT2D eigenvalue weighted by Crippen LogP contribution is 2.37. The molecule has 1 aliphatic heterocycles. The summed E-state index contributed by atoms with van der Waals surface area (Å²) in [5.74, 6) is -0.0120. The lowest BCUT2D eigenvalue weighted by molar-refractivity contribution is 0.0732. The molecule has 1 aliphatic rings. The van der Waals surface area contributed by atoms with Crippen molar-refractivity contribution in [2.75, 3.05) is 6.54 Å². The summed E-state index contributed by atoms with van der Waals surface area (Å²) in [6.07, 6.45) is 4.32. The molecule has 168 valence electrons. The average Bonchev–Trinajstić information content (AvgIpc) is 3.47. The van der Waals surface area contributed by atoms with Crippen molar-refractivity contribution >= 4 is 28.8 Å². The fourth-order valence-electron chi connectivity index (χ4n) is 4.07. The second-order valence-corrected chi connectivity index (χ2v) is 10.7. The van der Waals surface area contributed by atoms with Gasteiger partial charge in [-0.25, -0.2) is 4.98 Å². The molecule has 3 aromatic heterocycles. The van der Waals surface area contributed by atoms with Crippen molar-refractivity contribution in [2.45, 2.75) is 39.2 Å². The van der Waals surface area contributed by atoms with Gasteiger partial charge in [-0.05, 0) is 46.8 Å². The van der Waals surface area contributed by atoms with Crippen molar-refractivity contribution in [3.8, 4) is 21.6 Å². The Balaban J connectivity index is 1.38. The number of aromatic nitrogens is 3. The van der Waals surface area contributed by atoms with Crippen LogP contribution in [-0.2, 0) is 18.4 Å². The van der Waals surface area contributed by atoms with E-state index in [9.17, 15) is 4.79 Å². The number of pyridine rings is 1. The first-order chi connectivity index (χ1) is 15.8. The zero-order chi connectivity index (χ0) is 23.2. The number of nitrogens with one attached hydrogen (secondary N) is 1. The van der Waals surface area contributed by atoms with E-state index in [1.807, 2.05) is 29.3 Å². The maximum Gasteiger partial charge on any atom is 0.254 e. The Morgan fingerprint density at radius 2 is 1.97 bits per heavy atom. The second kappa shape index (κ2) is 8.43. The van der Waals surface area contributed by atoms with Gasteiger partial charge in [0.2, 0.25) is 0 Å². The van der Waals surface area contributed by atoms with Gasteiger partial charge in [-0.3, -0.25) is 9.78 Å². The minimum absolute atomic E-state index is 0.00610. The third kappa shape index (κ3) is 4.33. The molecule has 7 heteroatoms. The standard InChI is InChI=1S/C26H25ClN4OS/c1-26(2,3)24-12-16(6-8-28-24)18-11-23(33-14-18)19-5-4-17(10-20(19)27)25(32)31-9-7-21-22(13-31)30-15-29-21/h4-6,8,10-12,14-15H,7,9,13H2,1-3H3,(H,29,30). The predicted molar refractivity (Wildman–Crippen MR) is 134 cm³/mol. The quantitative estimate of drug-likeness (QED) is 0.374. The fourth-order valence-corrected chi connectivity index (χ4v) is 5.36. The number of carbonyl (C=O) groups excluding carboxylic acids is 1. The number of fused-ring (bicyclic) bond motifs is 1. The monoisotopic (exact) mass is 476 g/mol.